The van der Waals surface area contributed by atoms with E-state index < -0.39 is 5.97 Å². The molecule has 0 aliphatic carbocycles. The number of esters is 1. The molecule has 0 saturated carbocycles. The summed E-state index contributed by atoms with van der Waals surface area (Å²) in [4.78, 5) is 25.5. The fraction of sp³-hybridized carbons (Fsp3) is 0.241. The minimum atomic E-state index is -0.506. The van der Waals surface area contributed by atoms with Crippen LogP contribution in [0.25, 0.3) is 11.1 Å². The van der Waals surface area contributed by atoms with Gasteiger partial charge in [-0.05, 0) is 38.0 Å². The van der Waals surface area contributed by atoms with Crippen molar-refractivity contribution in [1.82, 2.24) is 14.8 Å². The Balaban J connectivity index is 1.45. The van der Waals surface area contributed by atoms with Crippen molar-refractivity contribution in [3.05, 3.63) is 88.6 Å². The molecule has 4 aromatic rings. The van der Waals surface area contributed by atoms with Gasteiger partial charge in [0.2, 0.25) is 5.91 Å². The molecule has 2 heterocycles. The number of anilines is 1. The normalized spacial score (nSPS) is 10.8. The van der Waals surface area contributed by atoms with Crippen LogP contribution in [-0.2, 0) is 22.7 Å². The summed E-state index contributed by atoms with van der Waals surface area (Å²) < 4.78 is 12.9. The number of aryl methyl sites for hydroxylation is 3. The number of rotatable bonds is 11. The number of carbonyl (C=O) groups excluding carboxylic acids is 2. The fourth-order valence-electron chi connectivity index (χ4n) is 3.94. The molecule has 0 unspecified atom stereocenters. The largest absolute Gasteiger partial charge is 0.485 e. The van der Waals surface area contributed by atoms with E-state index in [0.29, 0.717) is 33.7 Å². The van der Waals surface area contributed by atoms with Gasteiger partial charge in [0.25, 0.3) is 0 Å². The molecule has 0 spiro atoms. The summed E-state index contributed by atoms with van der Waals surface area (Å²) in [5, 5.41) is 14.3. The van der Waals surface area contributed by atoms with Crippen LogP contribution in [0.1, 0.15) is 32.9 Å². The predicted octanol–water partition coefficient (Wildman–Crippen LogP) is 6.21. The molecule has 0 aliphatic rings. The Morgan fingerprint density at radius 3 is 2.54 bits per heavy atom. The molecule has 0 radical (unpaired) electrons. The molecule has 202 valence electrons. The SMILES string of the molecule is C=CCn1c(COc2ccc(C)cc2C)nnc1SCC(=O)Nc1scc(-c2ccc(C)cc2)c1C(=O)OC. The number of thiophene rings is 1. The number of nitrogens with one attached hydrogen (secondary N) is 1. The minimum absolute atomic E-state index is 0.0750. The first-order valence-corrected chi connectivity index (χ1v) is 14.1. The zero-order valence-electron chi connectivity index (χ0n) is 22.3. The Kier molecular flexibility index (Phi) is 9.21. The summed E-state index contributed by atoms with van der Waals surface area (Å²) in [7, 11) is 1.33. The van der Waals surface area contributed by atoms with Crippen LogP contribution in [0.3, 0.4) is 0 Å². The van der Waals surface area contributed by atoms with Crippen molar-refractivity contribution in [2.24, 2.45) is 0 Å². The number of hydrogen-bond acceptors (Lipinski definition) is 8. The highest BCUT2D eigenvalue weighted by atomic mass is 32.2. The quantitative estimate of drug-likeness (QED) is 0.132. The van der Waals surface area contributed by atoms with Crippen LogP contribution < -0.4 is 10.1 Å². The standard InChI is InChI=1S/C29H30N4O4S2/c1-6-13-33-24(15-37-23-12-9-19(3)14-20(23)4)31-32-29(33)39-17-25(34)30-27-26(28(35)36-5)22(16-38-27)21-10-7-18(2)8-11-21/h6-12,14,16H,1,13,15,17H2,2-5H3,(H,30,34). The lowest BCUT2D eigenvalue weighted by Gasteiger charge is -2.11. The van der Waals surface area contributed by atoms with Gasteiger partial charge >= 0.3 is 5.97 Å². The van der Waals surface area contributed by atoms with Gasteiger partial charge in [0, 0.05) is 17.5 Å². The topological polar surface area (TPSA) is 95.3 Å². The molecule has 4 rings (SSSR count). The van der Waals surface area contributed by atoms with E-state index >= 15 is 0 Å². The smallest absolute Gasteiger partial charge is 0.341 e. The maximum Gasteiger partial charge on any atom is 0.341 e. The van der Waals surface area contributed by atoms with Crippen LogP contribution in [-0.4, -0.2) is 39.5 Å². The lowest BCUT2D eigenvalue weighted by atomic mass is 10.0. The molecular weight excluding hydrogens is 532 g/mol. The Hall–Kier alpha value is -3.89. The number of thioether (sulfide) groups is 1. The number of amides is 1. The van der Waals surface area contributed by atoms with Crippen molar-refractivity contribution in [2.75, 3.05) is 18.2 Å². The van der Waals surface area contributed by atoms with E-state index in [4.69, 9.17) is 9.47 Å². The first-order chi connectivity index (χ1) is 18.8. The van der Waals surface area contributed by atoms with Crippen molar-refractivity contribution in [2.45, 2.75) is 39.1 Å². The van der Waals surface area contributed by atoms with Crippen LogP contribution in [0.4, 0.5) is 5.00 Å². The lowest BCUT2D eigenvalue weighted by Crippen LogP contribution is -2.16. The first-order valence-electron chi connectivity index (χ1n) is 12.2. The number of carbonyl (C=O) groups is 2. The van der Waals surface area contributed by atoms with Crippen molar-refractivity contribution in [1.29, 1.82) is 0 Å². The van der Waals surface area contributed by atoms with Crippen LogP contribution in [0.5, 0.6) is 5.75 Å². The lowest BCUT2D eigenvalue weighted by molar-refractivity contribution is -0.113. The average molecular weight is 563 g/mol. The van der Waals surface area contributed by atoms with Gasteiger partial charge in [0.15, 0.2) is 11.0 Å². The third kappa shape index (κ3) is 6.76. The highest BCUT2D eigenvalue weighted by molar-refractivity contribution is 7.99. The van der Waals surface area contributed by atoms with Crippen molar-refractivity contribution in [3.8, 4) is 16.9 Å². The van der Waals surface area contributed by atoms with Crippen molar-refractivity contribution >= 4 is 40.0 Å². The van der Waals surface area contributed by atoms with Crippen LogP contribution in [0.2, 0.25) is 0 Å². The second kappa shape index (κ2) is 12.8. The van der Waals surface area contributed by atoms with Crippen LogP contribution in [0.15, 0.2) is 65.7 Å². The zero-order chi connectivity index (χ0) is 27.9. The monoisotopic (exact) mass is 562 g/mol. The number of hydrogen-bond donors (Lipinski definition) is 1. The van der Waals surface area contributed by atoms with E-state index in [-0.39, 0.29) is 18.3 Å². The highest BCUT2D eigenvalue weighted by Crippen LogP contribution is 2.36. The maximum absolute atomic E-state index is 12.9. The zero-order valence-corrected chi connectivity index (χ0v) is 23.9. The van der Waals surface area contributed by atoms with Gasteiger partial charge in [0.05, 0.1) is 12.9 Å². The van der Waals surface area contributed by atoms with Gasteiger partial charge in [0.1, 0.15) is 22.9 Å². The molecule has 0 atom stereocenters. The summed E-state index contributed by atoms with van der Waals surface area (Å²) >= 11 is 2.53. The van der Waals surface area contributed by atoms with Crippen molar-refractivity contribution in [3.63, 3.8) is 0 Å². The number of aromatic nitrogens is 3. The number of allylic oxidation sites excluding steroid dienone is 1. The Morgan fingerprint density at radius 2 is 1.85 bits per heavy atom. The third-order valence-electron chi connectivity index (χ3n) is 5.92. The van der Waals surface area contributed by atoms with Gasteiger partial charge in [-0.3, -0.25) is 9.36 Å². The fourth-order valence-corrected chi connectivity index (χ4v) is 5.68. The summed E-state index contributed by atoms with van der Waals surface area (Å²) in [5.74, 6) is 0.708. The molecule has 8 nitrogen and oxygen atoms in total. The van der Waals surface area contributed by atoms with E-state index in [1.807, 2.05) is 67.1 Å². The number of benzene rings is 2. The number of nitrogens with zero attached hydrogens (tertiary/aromatic N) is 3. The Labute approximate surface area is 236 Å². The molecular formula is C29H30N4O4S2. The summed E-state index contributed by atoms with van der Waals surface area (Å²) in [6, 6.07) is 13.8. The van der Waals surface area contributed by atoms with Gasteiger partial charge in [-0.2, -0.15) is 0 Å². The van der Waals surface area contributed by atoms with E-state index in [9.17, 15) is 9.59 Å². The number of methoxy groups -OCH3 is 1. The van der Waals surface area contributed by atoms with Gasteiger partial charge < -0.3 is 14.8 Å². The third-order valence-corrected chi connectivity index (χ3v) is 7.78. The molecule has 2 aromatic heterocycles. The maximum atomic E-state index is 12.9. The number of ether oxygens (including phenoxy) is 2. The molecule has 0 bridgehead atoms. The molecule has 39 heavy (non-hydrogen) atoms. The predicted molar refractivity (Wildman–Crippen MR) is 156 cm³/mol. The Morgan fingerprint density at radius 1 is 1.10 bits per heavy atom. The molecule has 1 N–H and O–H groups in total. The summed E-state index contributed by atoms with van der Waals surface area (Å²) in [5.41, 5.74) is 5.25. The van der Waals surface area contributed by atoms with E-state index in [1.54, 1.807) is 6.08 Å². The molecule has 0 fully saturated rings. The summed E-state index contributed by atoms with van der Waals surface area (Å²) in [6.45, 7) is 10.6. The van der Waals surface area contributed by atoms with Crippen LogP contribution >= 0.6 is 23.1 Å². The van der Waals surface area contributed by atoms with Gasteiger partial charge in [-0.15, -0.1) is 28.1 Å². The molecule has 1 amide bonds. The summed E-state index contributed by atoms with van der Waals surface area (Å²) in [6.07, 6.45) is 1.75. The second-order valence-corrected chi connectivity index (χ2v) is 10.7. The second-order valence-electron chi connectivity index (χ2n) is 8.90. The molecule has 0 saturated heterocycles. The van der Waals surface area contributed by atoms with Gasteiger partial charge in [-0.1, -0.05) is 65.4 Å². The first kappa shape index (κ1) is 28.1. The molecule has 10 heteroatoms. The van der Waals surface area contributed by atoms with E-state index in [0.717, 1.165) is 22.4 Å². The van der Waals surface area contributed by atoms with E-state index in [1.165, 1.54) is 35.8 Å². The molecule has 0 aliphatic heterocycles. The average Bonchev–Trinajstić information content (AvgIpc) is 3.51. The minimum Gasteiger partial charge on any atom is -0.485 e. The van der Waals surface area contributed by atoms with Crippen molar-refractivity contribution < 1.29 is 19.1 Å². The van der Waals surface area contributed by atoms with E-state index in [2.05, 4.69) is 28.2 Å². The van der Waals surface area contributed by atoms with Crippen LogP contribution in [0, 0.1) is 20.8 Å². The Bertz CT molecular complexity index is 1490. The molecule has 2 aromatic carbocycles. The highest BCUT2D eigenvalue weighted by Gasteiger charge is 2.23. The van der Waals surface area contributed by atoms with Gasteiger partial charge in [-0.25, -0.2) is 4.79 Å².